The number of nitrogens with one attached hydrogen (secondary N) is 3. The van der Waals surface area contributed by atoms with Gasteiger partial charge in [0.25, 0.3) is 0 Å². The molecule has 176 valence electrons. The summed E-state index contributed by atoms with van der Waals surface area (Å²) in [7, 11) is 0. The van der Waals surface area contributed by atoms with Gasteiger partial charge in [0.1, 0.15) is 11.9 Å². The van der Waals surface area contributed by atoms with Crippen LogP contribution in [0.3, 0.4) is 0 Å². The van der Waals surface area contributed by atoms with Crippen molar-refractivity contribution >= 4 is 11.7 Å². The third kappa shape index (κ3) is 6.06. The molecule has 2 unspecified atom stereocenters. The molecule has 1 aromatic heterocycles. The monoisotopic (exact) mass is 450 g/mol. The largest absolute Gasteiger partial charge is 0.486 e. The fourth-order valence-electron chi connectivity index (χ4n) is 3.83. The number of anilines is 1. The summed E-state index contributed by atoms with van der Waals surface area (Å²) < 4.78 is 7.94. The number of para-hydroxylation sites is 2. The van der Waals surface area contributed by atoms with Crippen LogP contribution < -0.4 is 21.1 Å². The Balaban J connectivity index is 1.72. The molecule has 0 saturated heterocycles. The SMILES string of the molecule is CCCCCNC(=O)Nc1ccccc1OC(C)C(C)n1c(C)c(-c2ccccc2)[nH]c1=O. The molecular weight excluding hydrogens is 416 g/mol. The van der Waals surface area contributed by atoms with Crippen molar-refractivity contribution in [2.75, 3.05) is 11.9 Å². The van der Waals surface area contributed by atoms with Crippen LogP contribution in [-0.2, 0) is 0 Å². The fourth-order valence-corrected chi connectivity index (χ4v) is 3.83. The van der Waals surface area contributed by atoms with Crippen molar-refractivity contribution in [3.05, 3.63) is 70.8 Å². The summed E-state index contributed by atoms with van der Waals surface area (Å²) >= 11 is 0. The highest BCUT2D eigenvalue weighted by Crippen LogP contribution is 2.28. The molecule has 0 radical (unpaired) electrons. The van der Waals surface area contributed by atoms with Crippen LogP contribution in [0.15, 0.2) is 59.4 Å². The second-order valence-corrected chi connectivity index (χ2v) is 8.27. The van der Waals surface area contributed by atoms with E-state index in [0.717, 1.165) is 36.2 Å². The van der Waals surface area contributed by atoms with E-state index in [1.165, 1.54) is 0 Å². The quantitative estimate of drug-likeness (QED) is 0.357. The molecule has 3 N–H and O–H groups in total. The number of carbonyl (C=O) groups excluding carboxylic acids is 1. The van der Waals surface area contributed by atoms with Gasteiger partial charge in [0.2, 0.25) is 0 Å². The van der Waals surface area contributed by atoms with Crippen LogP contribution in [0.5, 0.6) is 5.75 Å². The van der Waals surface area contributed by atoms with E-state index in [-0.39, 0.29) is 23.9 Å². The van der Waals surface area contributed by atoms with Gasteiger partial charge in [0, 0.05) is 12.2 Å². The normalized spacial score (nSPS) is 12.7. The lowest BCUT2D eigenvalue weighted by molar-refractivity contribution is 0.162. The van der Waals surface area contributed by atoms with Gasteiger partial charge in [-0.1, -0.05) is 62.2 Å². The van der Waals surface area contributed by atoms with E-state index < -0.39 is 0 Å². The maximum absolute atomic E-state index is 12.8. The number of imidazole rings is 1. The van der Waals surface area contributed by atoms with Crippen LogP contribution >= 0.6 is 0 Å². The minimum absolute atomic E-state index is 0.174. The molecule has 0 aliphatic rings. The zero-order valence-corrected chi connectivity index (χ0v) is 19.9. The molecule has 1 heterocycles. The van der Waals surface area contributed by atoms with E-state index in [0.29, 0.717) is 18.0 Å². The van der Waals surface area contributed by atoms with E-state index in [9.17, 15) is 9.59 Å². The Labute approximate surface area is 195 Å². The van der Waals surface area contributed by atoms with Crippen LogP contribution in [0, 0.1) is 6.92 Å². The topological polar surface area (TPSA) is 88.2 Å². The number of urea groups is 1. The predicted octanol–water partition coefficient (Wildman–Crippen LogP) is 5.49. The summed E-state index contributed by atoms with van der Waals surface area (Å²) in [4.78, 5) is 28.0. The first kappa shape index (κ1) is 24.2. The number of rotatable bonds is 10. The lowest BCUT2D eigenvalue weighted by Crippen LogP contribution is -2.32. The number of H-pyrrole nitrogens is 1. The molecule has 0 saturated carbocycles. The number of amides is 2. The molecule has 33 heavy (non-hydrogen) atoms. The maximum atomic E-state index is 12.8. The number of hydrogen-bond donors (Lipinski definition) is 3. The van der Waals surface area contributed by atoms with E-state index in [2.05, 4.69) is 22.5 Å². The lowest BCUT2D eigenvalue weighted by atomic mass is 10.1. The molecule has 2 aromatic carbocycles. The van der Waals surface area contributed by atoms with Gasteiger partial charge in [-0.3, -0.25) is 4.57 Å². The number of nitrogens with zero attached hydrogens (tertiary/aromatic N) is 1. The molecule has 7 heteroatoms. The number of aromatic amines is 1. The van der Waals surface area contributed by atoms with Crippen LogP contribution in [0.2, 0.25) is 0 Å². The van der Waals surface area contributed by atoms with Gasteiger partial charge < -0.3 is 20.4 Å². The summed E-state index contributed by atoms with van der Waals surface area (Å²) in [5.74, 6) is 0.560. The molecule has 0 spiro atoms. The standard InChI is InChI=1S/C26H34N4O3/c1-5-6-12-17-27-25(31)28-22-15-10-11-16-23(22)33-20(4)18(2)30-19(3)24(29-26(30)32)21-13-8-7-9-14-21/h7-11,13-16,18,20H,5-6,12,17H2,1-4H3,(H,29,32)(H2,27,28,31). The molecule has 0 bridgehead atoms. The fraction of sp³-hybridized carbons (Fsp3) is 0.385. The zero-order chi connectivity index (χ0) is 23.8. The van der Waals surface area contributed by atoms with Crippen molar-refractivity contribution in [1.82, 2.24) is 14.9 Å². The number of ether oxygens (including phenoxy) is 1. The highest BCUT2D eigenvalue weighted by molar-refractivity contribution is 5.90. The number of benzene rings is 2. The molecule has 3 rings (SSSR count). The Morgan fingerprint density at radius 1 is 1.06 bits per heavy atom. The Hall–Kier alpha value is -3.48. The van der Waals surface area contributed by atoms with Crippen molar-refractivity contribution in [2.24, 2.45) is 0 Å². The van der Waals surface area contributed by atoms with Gasteiger partial charge in [-0.15, -0.1) is 0 Å². The van der Waals surface area contributed by atoms with Gasteiger partial charge in [-0.25, -0.2) is 9.59 Å². The lowest BCUT2D eigenvalue weighted by Gasteiger charge is -2.24. The Kier molecular flexibility index (Phi) is 8.35. The Morgan fingerprint density at radius 2 is 1.76 bits per heavy atom. The summed E-state index contributed by atoms with van der Waals surface area (Å²) in [6, 6.07) is 16.6. The van der Waals surface area contributed by atoms with Crippen molar-refractivity contribution in [1.29, 1.82) is 0 Å². The zero-order valence-electron chi connectivity index (χ0n) is 19.9. The van der Waals surface area contributed by atoms with E-state index >= 15 is 0 Å². The Bertz CT molecular complexity index is 1100. The number of hydrogen-bond acceptors (Lipinski definition) is 3. The van der Waals surface area contributed by atoms with E-state index in [4.69, 9.17) is 4.74 Å². The summed E-state index contributed by atoms with van der Waals surface area (Å²) in [5.41, 5.74) is 3.04. The van der Waals surface area contributed by atoms with Crippen molar-refractivity contribution in [3.8, 4) is 17.0 Å². The van der Waals surface area contributed by atoms with Crippen LogP contribution in [0.4, 0.5) is 10.5 Å². The van der Waals surface area contributed by atoms with Crippen molar-refractivity contribution in [2.45, 2.75) is 59.1 Å². The first-order valence-corrected chi connectivity index (χ1v) is 11.6. The summed E-state index contributed by atoms with van der Waals surface area (Å²) in [6.45, 7) is 8.57. The number of unbranched alkanes of at least 4 members (excludes halogenated alkanes) is 2. The van der Waals surface area contributed by atoms with Gasteiger partial charge in [0.15, 0.2) is 0 Å². The Morgan fingerprint density at radius 3 is 2.48 bits per heavy atom. The highest BCUT2D eigenvalue weighted by atomic mass is 16.5. The molecular formula is C26H34N4O3. The van der Waals surface area contributed by atoms with Crippen LogP contribution in [-0.4, -0.2) is 28.2 Å². The first-order chi connectivity index (χ1) is 15.9. The smallest absolute Gasteiger partial charge is 0.326 e. The van der Waals surface area contributed by atoms with Gasteiger partial charge >= 0.3 is 11.7 Å². The molecule has 3 aromatic rings. The average Bonchev–Trinajstić information content (AvgIpc) is 3.11. The third-order valence-corrected chi connectivity index (χ3v) is 5.84. The average molecular weight is 451 g/mol. The minimum Gasteiger partial charge on any atom is -0.486 e. The summed E-state index contributed by atoms with van der Waals surface area (Å²) in [5, 5.41) is 5.74. The van der Waals surface area contributed by atoms with E-state index in [1.807, 2.05) is 69.3 Å². The second-order valence-electron chi connectivity index (χ2n) is 8.27. The molecule has 0 aliphatic carbocycles. The number of carbonyl (C=O) groups is 1. The van der Waals surface area contributed by atoms with E-state index in [1.54, 1.807) is 10.6 Å². The molecule has 2 amide bonds. The molecule has 0 fully saturated rings. The van der Waals surface area contributed by atoms with Crippen LogP contribution in [0.1, 0.15) is 51.8 Å². The van der Waals surface area contributed by atoms with Gasteiger partial charge in [0.05, 0.1) is 17.4 Å². The number of aromatic nitrogens is 2. The third-order valence-electron chi connectivity index (χ3n) is 5.84. The van der Waals surface area contributed by atoms with Gasteiger partial charge in [-0.05, 0) is 44.9 Å². The molecule has 7 nitrogen and oxygen atoms in total. The van der Waals surface area contributed by atoms with Crippen molar-refractivity contribution < 1.29 is 9.53 Å². The highest BCUT2D eigenvalue weighted by Gasteiger charge is 2.23. The van der Waals surface area contributed by atoms with Crippen LogP contribution in [0.25, 0.3) is 11.3 Å². The predicted molar refractivity (Wildman–Crippen MR) is 133 cm³/mol. The maximum Gasteiger partial charge on any atom is 0.326 e. The molecule has 0 aliphatic heterocycles. The second kappa shape index (κ2) is 11.4. The molecule has 2 atom stereocenters. The minimum atomic E-state index is -0.323. The van der Waals surface area contributed by atoms with Crippen molar-refractivity contribution in [3.63, 3.8) is 0 Å². The van der Waals surface area contributed by atoms with Gasteiger partial charge in [-0.2, -0.15) is 0 Å². The summed E-state index contributed by atoms with van der Waals surface area (Å²) in [6.07, 6.45) is 2.81. The first-order valence-electron chi connectivity index (χ1n) is 11.6.